The highest BCUT2D eigenvalue weighted by molar-refractivity contribution is 6.03. The molecule has 1 unspecified atom stereocenters. The number of pyridine rings is 1. The van der Waals surface area contributed by atoms with Crippen molar-refractivity contribution in [3.8, 4) is 41.1 Å². The zero-order valence-electron chi connectivity index (χ0n) is 19.7. The molecule has 10 nitrogen and oxygen atoms in total. The maximum atomic E-state index is 12.1. The molecule has 2 amide bonds. The van der Waals surface area contributed by atoms with Gasteiger partial charge in [0.1, 0.15) is 0 Å². The first-order chi connectivity index (χ1) is 17.2. The van der Waals surface area contributed by atoms with Crippen LogP contribution in [-0.2, 0) is 11.8 Å². The van der Waals surface area contributed by atoms with E-state index in [0.29, 0.717) is 34.4 Å². The normalized spacial score (nSPS) is 12.3. The molecule has 0 aliphatic carbocycles. The van der Waals surface area contributed by atoms with Gasteiger partial charge < -0.3 is 15.7 Å². The molecule has 0 saturated carbocycles. The zero-order chi connectivity index (χ0) is 25.9. The van der Waals surface area contributed by atoms with E-state index in [-0.39, 0.29) is 18.7 Å². The van der Waals surface area contributed by atoms with Crippen LogP contribution in [0.2, 0.25) is 0 Å². The van der Waals surface area contributed by atoms with Gasteiger partial charge in [-0.3, -0.25) is 14.3 Å². The van der Waals surface area contributed by atoms with E-state index in [2.05, 4.69) is 28.0 Å². The van der Waals surface area contributed by atoms with E-state index in [0.717, 1.165) is 5.56 Å². The molecule has 1 atom stereocenters. The van der Waals surface area contributed by atoms with Crippen LogP contribution in [0.25, 0.3) is 28.0 Å². The number of primary amides is 1. The molecule has 0 saturated heterocycles. The number of nitrogens with zero attached hydrogens (tertiary/aromatic N) is 6. The Morgan fingerprint density at radius 2 is 2.14 bits per heavy atom. The van der Waals surface area contributed by atoms with Crippen molar-refractivity contribution in [2.75, 3.05) is 13.6 Å². The van der Waals surface area contributed by atoms with Crippen molar-refractivity contribution < 1.29 is 14.7 Å². The number of carbonyl (C=O) groups excluding carboxylic acids is 2. The van der Waals surface area contributed by atoms with Crippen molar-refractivity contribution in [3.63, 3.8) is 0 Å². The third kappa shape index (κ3) is 4.94. The number of amides is 2. The summed E-state index contributed by atoms with van der Waals surface area (Å²) < 4.78 is 3.19. The number of carbonyl (C=O) groups is 2. The Kier molecular flexibility index (Phi) is 6.55. The van der Waals surface area contributed by atoms with Crippen molar-refractivity contribution in [1.82, 2.24) is 29.4 Å². The Bertz CT molecular complexity index is 1570. The largest absolute Gasteiger partial charge is 0.367 e. The number of hydrogen-bond acceptors (Lipinski definition) is 6. The van der Waals surface area contributed by atoms with Gasteiger partial charge in [0.15, 0.2) is 16.9 Å². The van der Waals surface area contributed by atoms with Crippen molar-refractivity contribution >= 4 is 23.4 Å². The molecule has 0 bridgehead atoms. The van der Waals surface area contributed by atoms with Crippen LogP contribution in [0.3, 0.4) is 0 Å². The van der Waals surface area contributed by atoms with Crippen molar-refractivity contribution in [1.29, 1.82) is 0 Å². The molecular formula is C26H23N7O3. The molecule has 10 heteroatoms. The third-order valence-corrected chi connectivity index (χ3v) is 5.51. The summed E-state index contributed by atoms with van der Waals surface area (Å²) in [5.41, 5.74) is 7.00. The average Bonchev–Trinajstić information content (AvgIpc) is 3.49. The topological polar surface area (TPSA) is 132 Å². The Labute approximate surface area is 207 Å². The number of rotatable bonds is 7. The van der Waals surface area contributed by atoms with Crippen LogP contribution in [0.15, 0.2) is 48.8 Å². The third-order valence-electron chi connectivity index (χ3n) is 5.51. The number of fused-ring (bicyclic) bond motifs is 1. The number of nitrogens with two attached hydrogens (primary N) is 1. The van der Waals surface area contributed by atoms with Gasteiger partial charge in [-0.1, -0.05) is 17.9 Å². The highest BCUT2D eigenvalue weighted by Gasteiger charge is 2.21. The lowest BCUT2D eigenvalue weighted by atomic mass is 10.0. The van der Waals surface area contributed by atoms with E-state index in [9.17, 15) is 14.7 Å². The average molecular weight is 482 g/mol. The van der Waals surface area contributed by atoms with E-state index in [4.69, 9.17) is 17.1 Å². The lowest BCUT2D eigenvalue weighted by molar-refractivity contribution is -0.117. The molecule has 0 radical (unpaired) electrons. The van der Waals surface area contributed by atoms with Crippen molar-refractivity contribution in [3.05, 3.63) is 60.0 Å². The minimum absolute atomic E-state index is 0.0905. The fraction of sp³-hybridized carbons (Fsp3) is 0.192. The monoisotopic (exact) mass is 481 g/mol. The maximum Gasteiger partial charge on any atom is 0.269 e. The van der Waals surface area contributed by atoms with Gasteiger partial charge in [0.25, 0.3) is 5.91 Å². The lowest BCUT2D eigenvalue weighted by Crippen LogP contribution is -2.30. The summed E-state index contributed by atoms with van der Waals surface area (Å²) in [6.07, 6.45) is 9.77. The number of hydrogen-bond donors (Lipinski definition) is 2. The molecular weight excluding hydrogens is 458 g/mol. The van der Waals surface area contributed by atoms with Crippen LogP contribution < -0.4 is 5.73 Å². The van der Waals surface area contributed by atoms with Crippen LogP contribution in [-0.4, -0.2) is 66.1 Å². The summed E-state index contributed by atoms with van der Waals surface area (Å²) in [6, 6.07) is 10.6. The van der Waals surface area contributed by atoms with Gasteiger partial charge in [-0.15, -0.1) is 6.42 Å². The smallest absolute Gasteiger partial charge is 0.269 e. The Hall–Kier alpha value is -4.93. The van der Waals surface area contributed by atoms with E-state index < -0.39 is 11.5 Å². The predicted molar refractivity (Wildman–Crippen MR) is 134 cm³/mol. The molecule has 3 aromatic heterocycles. The second-order valence-electron chi connectivity index (χ2n) is 8.24. The van der Waals surface area contributed by atoms with E-state index in [1.165, 1.54) is 9.58 Å². The summed E-state index contributed by atoms with van der Waals surface area (Å²) in [7, 11) is 3.40. The van der Waals surface area contributed by atoms with Crippen LogP contribution in [0.5, 0.6) is 0 Å². The number of terminal acetylenes is 1. The maximum absolute atomic E-state index is 12.1. The summed E-state index contributed by atoms with van der Waals surface area (Å²) in [4.78, 5) is 29.0. The molecule has 1 aromatic carbocycles. The number of aliphatic hydroxyl groups is 1. The van der Waals surface area contributed by atoms with Gasteiger partial charge >= 0.3 is 0 Å². The predicted octanol–water partition coefficient (Wildman–Crippen LogP) is 1.11. The van der Waals surface area contributed by atoms with Gasteiger partial charge in [-0.05, 0) is 36.3 Å². The summed E-state index contributed by atoms with van der Waals surface area (Å²) >= 11 is 0. The minimum Gasteiger partial charge on any atom is -0.367 e. The minimum atomic E-state index is -1.70. The molecule has 4 rings (SSSR count). The fourth-order valence-corrected chi connectivity index (χ4v) is 3.52. The molecule has 0 spiro atoms. The number of benzene rings is 1. The zero-order valence-corrected chi connectivity index (χ0v) is 19.7. The molecule has 0 aliphatic rings. The lowest BCUT2D eigenvalue weighted by Gasteiger charge is -2.18. The summed E-state index contributed by atoms with van der Waals surface area (Å²) in [5, 5.41) is 19.7. The summed E-state index contributed by atoms with van der Waals surface area (Å²) in [5.74, 6) is 7.22. The van der Waals surface area contributed by atoms with Crippen LogP contribution >= 0.6 is 0 Å². The Morgan fingerprint density at radius 1 is 1.33 bits per heavy atom. The highest BCUT2D eigenvalue weighted by Crippen LogP contribution is 2.25. The second-order valence-corrected chi connectivity index (χ2v) is 8.24. The quantitative estimate of drug-likeness (QED) is 0.300. The van der Waals surface area contributed by atoms with E-state index in [1.54, 1.807) is 54.3 Å². The first-order valence-electron chi connectivity index (χ1n) is 10.9. The van der Waals surface area contributed by atoms with E-state index >= 15 is 0 Å². The molecule has 3 heterocycles. The highest BCUT2D eigenvalue weighted by atomic mass is 16.3. The van der Waals surface area contributed by atoms with Gasteiger partial charge in [0, 0.05) is 44.4 Å². The van der Waals surface area contributed by atoms with Crippen LogP contribution in [0.1, 0.15) is 22.5 Å². The van der Waals surface area contributed by atoms with Crippen molar-refractivity contribution in [2.45, 2.75) is 12.0 Å². The second kappa shape index (κ2) is 9.74. The number of aromatic nitrogens is 5. The summed E-state index contributed by atoms with van der Waals surface area (Å²) in [6.45, 7) is 0.249. The first kappa shape index (κ1) is 24.2. The molecule has 36 heavy (non-hydrogen) atoms. The Balaban J connectivity index is 1.75. The molecule has 4 aromatic rings. The number of aryl methyl sites for hydroxylation is 1. The van der Waals surface area contributed by atoms with Crippen LogP contribution in [0.4, 0.5) is 0 Å². The SMILES string of the molecule is C#CC(O)(C#Cc1cccc(-n2nc(C(N)=O)c3ccc(-c4cnn(C)c4)nc32)c1)CCN(C)C=O. The van der Waals surface area contributed by atoms with Gasteiger partial charge in [0.05, 0.1) is 23.0 Å². The standard InChI is InChI=1S/C26H23N7O3/c1-4-26(36,12-13-31(2)17-34)11-10-18-6-5-7-20(14-18)33-25-21(23(30-33)24(27)35)8-9-22(29-25)19-15-28-32(3)16-19/h1,5-9,14-17,36H,12-13H2,2-3H3,(H2,27,35). The van der Waals surface area contributed by atoms with Gasteiger partial charge in [-0.2, -0.15) is 10.2 Å². The van der Waals surface area contributed by atoms with Gasteiger partial charge in [-0.25, -0.2) is 9.67 Å². The Morgan fingerprint density at radius 3 is 2.81 bits per heavy atom. The fourth-order valence-electron chi connectivity index (χ4n) is 3.52. The molecule has 3 N–H and O–H groups in total. The van der Waals surface area contributed by atoms with Crippen molar-refractivity contribution in [2.24, 2.45) is 12.8 Å². The molecule has 0 fully saturated rings. The first-order valence-corrected chi connectivity index (χ1v) is 10.9. The van der Waals surface area contributed by atoms with E-state index in [1.807, 2.05) is 13.2 Å². The van der Waals surface area contributed by atoms with Gasteiger partial charge in [0.2, 0.25) is 6.41 Å². The molecule has 180 valence electrons. The molecule has 0 aliphatic heterocycles. The van der Waals surface area contributed by atoms with Crippen LogP contribution in [0, 0.1) is 24.2 Å².